The summed E-state index contributed by atoms with van der Waals surface area (Å²) in [5.41, 5.74) is 0.489. The molecule has 0 spiro atoms. The van der Waals surface area contributed by atoms with Crippen LogP contribution < -0.4 is 5.32 Å². The monoisotopic (exact) mass is 252 g/mol. The molecular weight excluding hydrogens is 220 g/mol. The molecule has 2 aliphatic rings. The summed E-state index contributed by atoms with van der Waals surface area (Å²) < 4.78 is 0. The fraction of sp³-hybridized carbons (Fsp3) is 1.00. The van der Waals surface area contributed by atoms with Crippen molar-refractivity contribution in [3.8, 4) is 0 Å². The fourth-order valence-electron chi connectivity index (χ4n) is 4.02. The highest BCUT2D eigenvalue weighted by molar-refractivity contribution is 4.97. The van der Waals surface area contributed by atoms with Gasteiger partial charge in [-0.2, -0.15) is 0 Å². The van der Waals surface area contributed by atoms with E-state index in [1.165, 1.54) is 51.7 Å². The van der Waals surface area contributed by atoms with Crippen molar-refractivity contribution in [1.82, 2.24) is 10.2 Å². The van der Waals surface area contributed by atoms with E-state index in [-0.39, 0.29) is 0 Å². The molecule has 1 N–H and O–H groups in total. The lowest BCUT2D eigenvalue weighted by Crippen LogP contribution is -2.46. The van der Waals surface area contributed by atoms with Gasteiger partial charge < -0.3 is 10.2 Å². The van der Waals surface area contributed by atoms with Gasteiger partial charge in [0.1, 0.15) is 0 Å². The first-order valence-corrected chi connectivity index (χ1v) is 8.02. The van der Waals surface area contributed by atoms with Gasteiger partial charge in [0.05, 0.1) is 0 Å². The smallest absolute Gasteiger partial charge is 0.0159 e. The molecule has 1 heterocycles. The number of hydrogen-bond acceptors (Lipinski definition) is 2. The number of likely N-dealkylation sites (tertiary alicyclic amines) is 1. The lowest BCUT2D eigenvalue weighted by molar-refractivity contribution is 0.179. The van der Waals surface area contributed by atoms with Gasteiger partial charge in [0, 0.05) is 18.6 Å². The van der Waals surface area contributed by atoms with Crippen molar-refractivity contribution in [1.29, 1.82) is 0 Å². The maximum Gasteiger partial charge on any atom is 0.0159 e. The van der Waals surface area contributed by atoms with Gasteiger partial charge in [0.15, 0.2) is 0 Å². The van der Waals surface area contributed by atoms with Gasteiger partial charge in [-0.15, -0.1) is 0 Å². The van der Waals surface area contributed by atoms with E-state index in [0.29, 0.717) is 5.41 Å². The molecule has 2 fully saturated rings. The van der Waals surface area contributed by atoms with Crippen LogP contribution in [-0.2, 0) is 0 Å². The van der Waals surface area contributed by atoms with Crippen molar-refractivity contribution in [2.75, 3.05) is 19.6 Å². The van der Waals surface area contributed by atoms with Gasteiger partial charge in [-0.05, 0) is 63.5 Å². The van der Waals surface area contributed by atoms with Crippen molar-refractivity contribution in [2.45, 2.75) is 71.9 Å². The molecule has 0 aromatic heterocycles. The van der Waals surface area contributed by atoms with Crippen molar-refractivity contribution in [3.63, 3.8) is 0 Å². The highest BCUT2D eigenvalue weighted by Gasteiger charge is 2.42. The van der Waals surface area contributed by atoms with E-state index in [4.69, 9.17) is 0 Å². The van der Waals surface area contributed by atoms with Crippen molar-refractivity contribution < 1.29 is 0 Å². The van der Waals surface area contributed by atoms with Gasteiger partial charge in [-0.3, -0.25) is 0 Å². The van der Waals surface area contributed by atoms with E-state index in [1.807, 2.05) is 0 Å². The van der Waals surface area contributed by atoms with E-state index in [9.17, 15) is 0 Å². The largest absolute Gasteiger partial charge is 0.313 e. The Labute approximate surface area is 114 Å². The summed E-state index contributed by atoms with van der Waals surface area (Å²) in [6, 6.07) is 1.55. The molecule has 0 bridgehead atoms. The summed E-state index contributed by atoms with van der Waals surface area (Å²) in [5, 5.41) is 3.83. The summed E-state index contributed by atoms with van der Waals surface area (Å²) in [4.78, 5) is 2.73. The summed E-state index contributed by atoms with van der Waals surface area (Å²) in [7, 11) is 0. The van der Waals surface area contributed by atoms with E-state index in [0.717, 1.165) is 18.0 Å². The normalized spacial score (nSPS) is 36.3. The zero-order valence-electron chi connectivity index (χ0n) is 12.8. The SMILES string of the molecule is CCCNC1C(CN2CCCC2C)CCC1(C)C. The van der Waals surface area contributed by atoms with E-state index in [2.05, 4.69) is 37.9 Å². The van der Waals surface area contributed by atoms with Gasteiger partial charge in [0.2, 0.25) is 0 Å². The second kappa shape index (κ2) is 5.92. The minimum absolute atomic E-state index is 0.489. The van der Waals surface area contributed by atoms with Gasteiger partial charge >= 0.3 is 0 Å². The van der Waals surface area contributed by atoms with Gasteiger partial charge in [0.25, 0.3) is 0 Å². The summed E-state index contributed by atoms with van der Waals surface area (Å²) >= 11 is 0. The second-order valence-corrected chi connectivity index (χ2v) is 7.21. The van der Waals surface area contributed by atoms with E-state index in [1.54, 1.807) is 0 Å². The Morgan fingerprint density at radius 2 is 2.06 bits per heavy atom. The molecule has 1 saturated heterocycles. The molecule has 2 rings (SSSR count). The molecule has 2 nitrogen and oxygen atoms in total. The first kappa shape index (κ1) is 14.3. The lowest BCUT2D eigenvalue weighted by Gasteiger charge is -2.34. The predicted molar refractivity (Wildman–Crippen MR) is 78.9 cm³/mol. The molecule has 3 unspecified atom stereocenters. The second-order valence-electron chi connectivity index (χ2n) is 7.21. The number of nitrogens with one attached hydrogen (secondary N) is 1. The van der Waals surface area contributed by atoms with Crippen molar-refractivity contribution in [3.05, 3.63) is 0 Å². The van der Waals surface area contributed by atoms with Gasteiger partial charge in [-0.1, -0.05) is 20.8 Å². The van der Waals surface area contributed by atoms with Crippen molar-refractivity contribution in [2.24, 2.45) is 11.3 Å². The van der Waals surface area contributed by atoms with Crippen LogP contribution in [0.5, 0.6) is 0 Å². The molecule has 1 saturated carbocycles. The minimum atomic E-state index is 0.489. The zero-order chi connectivity index (χ0) is 13.2. The van der Waals surface area contributed by atoms with Crippen LogP contribution in [0.3, 0.4) is 0 Å². The molecule has 0 radical (unpaired) electrons. The van der Waals surface area contributed by atoms with Crippen LogP contribution in [-0.4, -0.2) is 36.6 Å². The molecule has 1 aliphatic carbocycles. The quantitative estimate of drug-likeness (QED) is 0.808. The Bertz CT molecular complexity index is 262. The van der Waals surface area contributed by atoms with E-state index < -0.39 is 0 Å². The fourth-order valence-corrected chi connectivity index (χ4v) is 4.02. The van der Waals surface area contributed by atoms with Crippen LogP contribution in [0.15, 0.2) is 0 Å². The third kappa shape index (κ3) is 3.08. The Balaban J connectivity index is 1.93. The Morgan fingerprint density at radius 1 is 1.28 bits per heavy atom. The topological polar surface area (TPSA) is 15.3 Å². The zero-order valence-corrected chi connectivity index (χ0v) is 12.8. The Kier molecular flexibility index (Phi) is 4.71. The Hall–Kier alpha value is -0.0800. The third-order valence-corrected chi connectivity index (χ3v) is 5.25. The van der Waals surface area contributed by atoms with Crippen LogP contribution in [0.25, 0.3) is 0 Å². The molecule has 3 atom stereocenters. The minimum Gasteiger partial charge on any atom is -0.313 e. The van der Waals surface area contributed by atoms with Crippen molar-refractivity contribution >= 4 is 0 Å². The average molecular weight is 252 g/mol. The molecule has 0 amide bonds. The molecular formula is C16H32N2. The first-order chi connectivity index (χ1) is 8.54. The third-order valence-electron chi connectivity index (χ3n) is 5.25. The molecule has 106 valence electrons. The number of rotatable bonds is 5. The van der Waals surface area contributed by atoms with Gasteiger partial charge in [-0.25, -0.2) is 0 Å². The lowest BCUT2D eigenvalue weighted by atomic mass is 9.84. The summed E-state index contributed by atoms with van der Waals surface area (Å²) in [6.07, 6.45) is 6.87. The first-order valence-electron chi connectivity index (χ1n) is 8.02. The van der Waals surface area contributed by atoms with Crippen LogP contribution in [0.1, 0.15) is 59.8 Å². The van der Waals surface area contributed by atoms with Crippen LogP contribution in [0, 0.1) is 11.3 Å². The molecule has 0 aromatic rings. The molecule has 2 heteroatoms. The highest BCUT2D eigenvalue weighted by Crippen LogP contribution is 2.42. The molecule has 0 aromatic carbocycles. The summed E-state index contributed by atoms with van der Waals surface area (Å²) in [5.74, 6) is 0.868. The van der Waals surface area contributed by atoms with Crippen LogP contribution in [0.2, 0.25) is 0 Å². The maximum atomic E-state index is 3.83. The average Bonchev–Trinajstić information content (AvgIpc) is 2.83. The summed E-state index contributed by atoms with van der Waals surface area (Å²) in [6.45, 7) is 13.4. The predicted octanol–water partition coefficient (Wildman–Crippen LogP) is 3.28. The standard InChI is InChI=1S/C16H32N2/c1-5-10-17-15-14(8-9-16(15,3)4)12-18-11-6-7-13(18)2/h13-15,17H,5-12H2,1-4H3. The van der Waals surface area contributed by atoms with Crippen LogP contribution >= 0.6 is 0 Å². The molecule has 18 heavy (non-hydrogen) atoms. The molecule has 1 aliphatic heterocycles. The highest BCUT2D eigenvalue weighted by atomic mass is 15.2. The van der Waals surface area contributed by atoms with Crippen LogP contribution in [0.4, 0.5) is 0 Å². The van der Waals surface area contributed by atoms with E-state index >= 15 is 0 Å². The number of hydrogen-bond donors (Lipinski definition) is 1. The Morgan fingerprint density at radius 3 is 2.67 bits per heavy atom. The maximum absolute atomic E-state index is 3.83. The number of nitrogens with zero attached hydrogens (tertiary/aromatic N) is 1.